The van der Waals surface area contributed by atoms with Crippen LogP contribution in [0, 0.1) is 6.92 Å². The van der Waals surface area contributed by atoms with Crippen LogP contribution < -0.4 is 14.8 Å². The van der Waals surface area contributed by atoms with Crippen LogP contribution in [0.4, 0.5) is 0 Å². The Labute approximate surface area is 130 Å². The maximum absolute atomic E-state index is 12.1. The van der Waals surface area contributed by atoms with E-state index in [0.29, 0.717) is 19.6 Å². The Bertz CT molecular complexity index is 644. The van der Waals surface area contributed by atoms with Crippen molar-refractivity contribution in [3.63, 3.8) is 0 Å². The number of hydrogen-bond acceptors (Lipinski definition) is 3. The van der Waals surface area contributed by atoms with Crippen LogP contribution >= 0.6 is 0 Å². The van der Waals surface area contributed by atoms with Crippen LogP contribution in [0.5, 0.6) is 11.5 Å². The summed E-state index contributed by atoms with van der Waals surface area (Å²) in [5, 5.41) is 2.86. The van der Waals surface area contributed by atoms with Crippen molar-refractivity contribution in [3.05, 3.63) is 59.7 Å². The first-order valence-corrected chi connectivity index (χ1v) is 7.44. The monoisotopic (exact) mass is 297 g/mol. The van der Waals surface area contributed by atoms with Gasteiger partial charge in [-0.15, -0.1) is 0 Å². The number of para-hydroxylation sites is 1. The molecule has 1 aliphatic heterocycles. The Hall–Kier alpha value is -2.49. The summed E-state index contributed by atoms with van der Waals surface area (Å²) in [4.78, 5) is 12.1. The number of ether oxygens (including phenoxy) is 2. The zero-order valence-corrected chi connectivity index (χ0v) is 12.5. The Balaban J connectivity index is 1.42. The third-order valence-electron chi connectivity index (χ3n) is 3.60. The molecule has 0 aliphatic carbocycles. The largest absolute Gasteiger partial charge is 0.492 e. The van der Waals surface area contributed by atoms with E-state index in [0.717, 1.165) is 22.6 Å². The van der Waals surface area contributed by atoms with Gasteiger partial charge in [0.25, 0.3) is 5.91 Å². The number of hydrogen-bond donors (Lipinski definition) is 1. The van der Waals surface area contributed by atoms with Gasteiger partial charge in [-0.05, 0) is 36.2 Å². The van der Waals surface area contributed by atoms with Gasteiger partial charge in [-0.3, -0.25) is 4.79 Å². The van der Waals surface area contributed by atoms with Crippen LogP contribution in [0.1, 0.15) is 11.1 Å². The van der Waals surface area contributed by atoms with E-state index in [1.54, 1.807) is 0 Å². The molecule has 1 unspecified atom stereocenters. The zero-order chi connectivity index (χ0) is 15.4. The van der Waals surface area contributed by atoms with Gasteiger partial charge in [-0.2, -0.15) is 0 Å². The SMILES string of the molecule is Cc1cccc(OCCNC(=O)C2Cc3ccccc3O2)c1. The maximum Gasteiger partial charge on any atom is 0.261 e. The molecular weight excluding hydrogens is 278 g/mol. The smallest absolute Gasteiger partial charge is 0.261 e. The summed E-state index contributed by atoms with van der Waals surface area (Å²) < 4.78 is 11.3. The average Bonchev–Trinajstić information content (AvgIpc) is 2.95. The quantitative estimate of drug-likeness (QED) is 0.863. The Kier molecular flexibility index (Phi) is 4.28. The molecule has 0 spiro atoms. The second kappa shape index (κ2) is 6.52. The number of fused-ring (bicyclic) bond motifs is 1. The standard InChI is InChI=1S/C18H19NO3/c1-13-5-4-7-15(11-13)21-10-9-19-18(20)17-12-14-6-2-3-8-16(14)22-17/h2-8,11,17H,9-10,12H2,1H3,(H,19,20). The third-order valence-corrected chi connectivity index (χ3v) is 3.60. The predicted molar refractivity (Wildman–Crippen MR) is 84.2 cm³/mol. The number of rotatable bonds is 5. The molecule has 1 heterocycles. The van der Waals surface area contributed by atoms with Crippen LogP contribution in [0.25, 0.3) is 0 Å². The molecule has 2 aromatic carbocycles. The fourth-order valence-corrected chi connectivity index (χ4v) is 2.49. The summed E-state index contributed by atoms with van der Waals surface area (Å²) >= 11 is 0. The number of carbonyl (C=O) groups excluding carboxylic acids is 1. The maximum atomic E-state index is 12.1. The highest BCUT2D eigenvalue weighted by Gasteiger charge is 2.28. The van der Waals surface area contributed by atoms with Crippen molar-refractivity contribution >= 4 is 5.91 Å². The van der Waals surface area contributed by atoms with E-state index in [1.165, 1.54) is 0 Å². The molecule has 0 saturated carbocycles. The Morgan fingerprint density at radius 1 is 1.27 bits per heavy atom. The highest BCUT2D eigenvalue weighted by molar-refractivity contribution is 5.82. The number of amides is 1. The van der Waals surface area contributed by atoms with Gasteiger partial charge in [0.2, 0.25) is 0 Å². The Morgan fingerprint density at radius 3 is 2.95 bits per heavy atom. The number of benzene rings is 2. The first-order chi connectivity index (χ1) is 10.7. The summed E-state index contributed by atoms with van der Waals surface area (Å²) in [6.07, 6.45) is 0.192. The van der Waals surface area contributed by atoms with Gasteiger partial charge in [0, 0.05) is 6.42 Å². The van der Waals surface area contributed by atoms with E-state index >= 15 is 0 Å². The van der Waals surface area contributed by atoms with Crippen molar-refractivity contribution < 1.29 is 14.3 Å². The molecule has 4 heteroatoms. The second-order valence-corrected chi connectivity index (χ2v) is 5.37. The summed E-state index contributed by atoms with van der Waals surface area (Å²) in [6.45, 7) is 2.92. The first kappa shape index (κ1) is 14.4. The molecule has 0 bridgehead atoms. The molecule has 3 rings (SSSR count). The molecule has 0 saturated heterocycles. The van der Waals surface area contributed by atoms with E-state index in [2.05, 4.69) is 5.32 Å². The van der Waals surface area contributed by atoms with Crippen molar-refractivity contribution in [2.45, 2.75) is 19.4 Å². The second-order valence-electron chi connectivity index (χ2n) is 5.37. The molecule has 0 aromatic heterocycles. The van der Waals surface area contributed by atoms with Crippen molar-refractivity contribution in [3.8, 4) is 11.5 Å². The van der Waals surface area contributed by atoms with Crippen LogP contribution in [0.2, 0.25) is 0 Å². The molecule has 0 fully saturated rings. The van der Waals surface area contributed by atoms with Gasteiger partial charge in [0.1, 0.15) is 18.1 Å². The van der Waals surface area contributed by atoms with E-state index in [1.807, 2.05) is 55.5 Å². The molecule has 1 aliphatic rings. The van der Waals surface area contributed by atoms with E-state index < -0.39 is 6.10 Å². The number of nitrogens with one attached hydrogen (secondary N) is 1. The van der Waals surface area contributed by atoms with E-state index in [9.17, 15) is 4.79 Å². The highest BCUT2D eigenvalue weighted by atomic mass is 16.5. The van der Waals surface area contributed by atoms with Gasteiger partial charge < -0.3 is 14.8 Å². The lowest BCUT2D eigenvalue weighted by atomic mass is 10.1. The van der Waals surface area contributed by atoms with Crippen LogP contribution in [0.3, 0.4) is 0 Å². The van der Waals surface area contributed by atoms with Gasteiger partial charge in [0.05, 0.1) is 6.54 Å². The minimum absolute atomic E-state index is 0.0935. The predicted octanol–water partition coefficient (Wildman–Crippen LogP) is 2.49. The summed E-state index contributed by atoms with van der Waals surface area (Å²) in [7, 11) is 0. The zero-order valence-electron chi connectivity index (χ0n) is 12.5. The fourth-order valence-electron chi connectivity index (χ4n) is 2.49. The van der Waals surface area contributed by atoms with Gasteiger partial charge in [0.15, 0.2) is 6.10 Å². The molecule has 2 aromatic rings. The van der Waals surface area contributed by atoms with E-state index in [4.69, 9.17) is 9.47 Å². The topological polar surface area (TPSA) is 47.6 Å². The lowest BCUT2D eigenvalue weighted by molar-refractivity contribution is -0.127. The number of carbonyl (C=O) groups is 1. The van der Waals surface area contributed by atoms with Crippen molar-refractivity contribution in [2.24, 2.45) is 0 Å². The van der Waals surface area contributed by atoms with Crippen molar-refractivity contribution in [1.82, 2.24) is 5.32 Å². The van der Waals surface area contributed by atoms with Crippen molar-refractivity contribution in [1.29, 1.82) is 0 Å². The Morgan fingerprint density at radius 2 is 2.14 bits per heavy atom. The molecular formula is C18H19NO3. The molecule has 114 valence electrons. The summed E-state index contributed by atoms with van der Waals surface area (Å²) in [5.74, 6) is 1.53. The third kappa shape index (κ3) is 3.39. The average molecular weight is 297 g/mol. The molecule has 0 radical (unpaired) electrons. The van der Waals surface area contributed by atoms with Gasteiger partial charge in [-0.1, -0.05) is 30.3 Å². The minimum Gasteiger partial charge on any atom is -0.492 e. The molecule has 4 nitrogen and oxygen atoms in total. The first-order valence-electron chi connectivity index (χ1n) is 7.44. The van der Waals surface area contributed by atoms with Crippen molar-refractivity contribution in [2.75, 3.05) is 13.2 Å². The highest BCUT2D eigenvalue weighted by Crippen LogP contribution is 2.28. The van der Waals surface area contributed by atoms with Gasteiger partial charge in [-0.25, -0.2) is 0 Å². The van der Waals surface area contributed by atoms with Gasteiger partial charge >= 0.3 is 0 Å². The fraction of sp³-hybridized carbons (Fsp3) is 0.278. The van der Waals surface area contributed by atoms with Crippen LogP contribution in [0.15, 0.2) is 48.5 Å². The lowest BCUT2D eigenvalue weighted by Crippen LogP contribution is -2.39. The van der Waals surface area contributed by atoms with E-state index in [-0.39, 0.29) is 5.91 Å². The molecule has 1 N–H and O–H groups in total. The van der Waals surface area contributed by atoms with Crippen LogP contribution in [-0.2, 0) is 11.2 Å². The summed E-state index contributed by atoms with van der Waals surface area (Å²) in [6, 6.07) is 15.6. The molecule has 1 amide bonds. The normalized spacial score (nSPS) is 15.8. The molecule has 1 atom stereocenters. The minimum atomic E-state index is -0.434. The molecule has 22 heavy (non-hydrogen) atoms. The van der Waals surface area contributed by atoms with Crippen LogP contribution in [-0.4, -0.2) is 25.2 Å². The summed E-state index contributed by atoms with van der Waals surface area (Å²) in [5.41, 5.74) is 2.23. The number of aryl methyl sites for hydroxylation is 1. The lowest BCUT2D eigenvalue weighted by Gasteiger charge is -2.12.